The first-order chi connectivity index (χ1) is 9.13. The summed E-state index contributed by atoms with van der Waals surface area (Å²) in [6, 6.07) is 4.82. The molecular formula is C13H16FN3O2. The molecule has 0 fully saturated rings. The van der Waals surface area contributed by atoms with Crippen LogP contribution < -0.4 is 5.73 Å². The molecule has 0 aliphatic rings. The number of nitrogens with two attached hydrogens (primary N) is 1. The number of benzene rings is 1. The van der Waals surface area contributed by atoms with Gasteiger partial charge in [-0.25, -0.2) is 4.39 Å². The van der Waals surface area contributed by atoms with Crippen LogP contribution in [0.15, 0.2) is 22.7 Å². The van der Waals surface area contributed by atoms with Crippen molar-refractivity contribution in [3.8, 4) is 11.4 Å². The third-order valence-electron chi connectivity index (χ3n) is 2.90. The molecule has 0 radical (unpaired) electrons. The smallest absolute Gasteiger partial charge is 0.229 e. The topological polar surface area (TPSA) is 74.2 Å². The van der Waals surface area contributed by atoms with Crippen molar-refractivity contribution < 1.29 is 13.7 Å². The van der Waals surface area contributed by atoms with Gasteiger partial charge in [0.25, 0.3) is 0 Å². The number of nitrogens with zero attached hydrogens (tertiary/aromatic N) is 2. The van der Waals surface area contributed by atoms with Crippen LogP contribution in [-0.4, -0.2) is 29.9 Å². The molecule has 2 aromatic rings. The number of aryl methyl sites for hydroxylation is 1. The van der Waals surface area contributed by atoms with Crippen LogP contribution in [0, 0.1) is 12.7 Å². The van der Waals surface area contributed by atoms with E-state index in [4.69, 9.17) is 15.0 Å². The molecular weight excluding hydrogens is 249 g/mol. The van der Waals surface area contributed by atoms with E-state index in [1.807, 2.05) is 0 Å². The van der Waals surface area contributed by atoms with Crippen LogP contribution in [0.25, 0.3) is 11.4 Å². The van der Waals surface area contributed by atoms with Gasteiger partial charge in [-0.05, 0) is 18.6 Å². The van der Waals surface area contributed by atoms with Gasteiger partial charge in [0.05, 0.1) is 12.5 Å². The fourth-order valence-electron chi connectivity index (χ4n) is 1.64. The molecule has 2 rings (SSSR count). The number of methoxy groups -OCH3 is 1. The monoisotopic (exact) mass is 265 g/mol. The molecule has 1 unspecified atom stereocenters. The Morgan fingerprint density at radius 3 is 2.89 bits per heavy atom. The van der Waals surface area contributed by atoms with E-state index in [0.29, 0.717) is 35.8 Å². The van der Waals surface area contributed by atoms with Crippen molar-refractivity contribution in [1.29, 1.82) is 0 Å². The number of halogens is 1. The summed E-state index contributed by atoms with van der Waals surface area (Å²) < 4.78 is 23.7. The molecule has 0 aliphatic carbocycles. The molecule has 0 bridgehead atoms. The molecule has 5 nitrogen and oxygen atoms in total. The van der Waals surface area contributed by atoms with E-state index in [9.17, 15) is 4.39 Å². The van der Waals surface area contributed by atoms with Crippen molar-refractivity contribution in [2.24, 2.45) is 5.73 Å². The second kappa shape index (κ2) is 5.90. The molecule has 1 aromatic heterocycles. The molecule has 1 aromatic carbocycles. The lowest BCUT2D eigenvalue weighted by molar-refractivity contribution is 0.102. The Morgan fingerprint density at radius 2 is 2.26 bits per heavy atom. The zero-order valence-corrected chi connectivity index (χ0v) is 10.9. The average Bonchev–Trinajstić information content (AvgIpc) is 2.87. The van der Waals surface area contributed by atoms with Gasteiger partial charge in [0.15, 0.2) is 0 Å². The first-order valence-corrected chi connectivity index (χ1v) is 5.96. The predicted octanol–water partition coefficient (Wildman–Crippen LogP) is 1.70. The number of aromatic nitrogens is 2. The van der Waals surface area contributed by atoms with E-state index in [1.54, 1.807) is 26.2 Å². The summed E-state index contributed by atoms with van der Waals surface area (Å²) in [6.45, 7) is 2.07. The van der Waals surface area contributed by atoms with Crippen LogP contribution in [0.3, 0.4) is 0 Å². The molecule has 0 aliphatic heterocycles. The van der Waals surface area contributed by atoms with Crippen molar-refractivity contribution in [3.63, 3.8) is 0 Å². The lowest BCUT2D eigenvalue weighted by Crippen LogP contribution is -2.24. The van der Waals surface area contributed by atoms with Crippen LogP contribution in [-0.2, 0) is 11.2 Å². The molecule has 0 amide bonds. The van der Waals surface area contributed by atoms with E-state index < -0.39 is 0 Å². The summed E-state index contributed by atoms with van der Waals surface area (Å²) >= 11 is 0. The van der Waals surface area contributed by atoms with Crippen LogP contribution in [0.2, 0.25) is 0 Å². The molecule has 19 heavy (non-hydrogen) atoms. The summed E-state index contributed by atoms with van der Waals surface area (Å²) in [5, 5.41) is 3.83. The molecule has 2 N–H and O–H groups in total. The zero-order valence-electron chi connectivity index (χ0n) is 10.9. The van der Waals surface area contributed by atoms with E-state index in [-0.39, 0.29) is 11.9 Å². The molecule has 0 spiro atoms. The summed E-state index contributed by atoms with van der Waals surface area (Å²) in [7, 11) is 1.57. The van der Waals surface area contributed by atoms with Gasteiger partial charge in [-0.1, -0.05) is 17.3 Å². The van der Waals surface area contributed by atoms with Gasteiger partial charge in [-0.3, -0.25) is 0 Å². The quantitative estimate of drug-likeness (QED) is 0.890. The summed E-state index contributed by atoms with van der Waals surface area (Å²) in [5.74, 6) is 0.495. The minimum absolute atomic E-state index is 0.164. The molecule has 102 valence electrons. The highest BCUT2D eigenvalue weighted by Crippen LogP contribution is 2.19. The first kappa shape index (κ1) is 13.6. The van der Waals surface area contributed by atoms with Gasteiger partial charge >= 0.3 is 0 Å². The third-order valence-corrected chi connectivity index (χ3v) is 2.90. The zero-order chi connectivity index (χ0) is 13.8. The maximum Gasteiger partial charge on any atom is 0.229 e. The van der Waals surface area contributed by atoms with Crippen LogP contribution in [0.4, 0.5) is 4.39 Å². The molecule has 0 saturated heterocycles. The number of ether oxygens (including phenoxy) is 1. The van der Waals surface area contributed by atoms with E-state index in [1.165, 1.54) is 6.07 Å². The summed E-state index contributed by atoms with van der Waals surface area (Å²) in [5.41, 5.74) is 6.68. The van der Waals surface area contributed by atoms with Crippen molar-refractivity contribution in [2.45, 2.75) is 19.4 Å². The lowest BCUT2D eigenvalue weighted by Gasteiger charge is -2.08. The van der Waals surface area contributed by atoms with E-state index >= 15 is 0 Å². The van der Waals surface area contributed by atoms with E-state index in [0.717, 1.165) is 0 Å². The Bertz CT molecular complexity index is 553. The fourth-order valence-corrected chi connectivity index (χ4v) is 1.64. The molecule has 1 atom stereocenters. The van der Waals surface area contributed by atoms with Crippen LogP contribution in [0.1, 0.15) is 11.5 Å². The van der Waals surface area contributed by atoms with Crippen LogP contribution >= 0.6 is 0 Å². The predicted molar refractivity (Wildman–Crippen MR) is 68.0 cm³/mol. The molecule has 6 heteroatoms. The summed E-state index contributed by atoms with van der Waals surface area (Å²) in [6.07, 6.45) is 0.275. The van der Waals surface area contributed by atoms with E-state index in [2.05, 4.69) is 10.1 Å². The average molecular weight is 265 g/mol. The van der Waals surface area contributed by atoms with Gasteiger partial charge in [-0.2, -0.15) is 4.98 Å². The SMILES string of the molecule is COC(CN)Cc1nc(-c2ccc(C)c(F)c2)no1. The highest BCUT2D eigenvalue weighted by molar-refractivity contribution is 5.54. The Kier molecular flexibility index (Phi) is 4.24. The van der Waals surface area contributed by atoms with Crippen molar-refractivity contribution >= 4 is 0 Å². The number of rotatable bonds is 5. The van der Waals surface area contributed by atoms with Crippen molar-refractivity contribution in [2.75, 3.05) is 13.7 Å². The van der Waals surface area contributed by atoms with Gasteiger partial charge in [0.1, 0.15) is 5.82 Å². The fraction of sp³-hybridized carbons (Fsp3) is 0.385. The highest BCUT2D eigenvalue weighted by atomic mass is 19.1. The lowest BCUT2D eigenvalue weighted by atomic mass is 10.1. The van der Waals surface area contributed by atoms with Gasteiger partial charge in [-0.15, -0.1) is 0 Å². The molecule has 0 saturated carbocycles. The Labute approximate surface area is 110 Å². The van der Waals surface area contributed by atoms with Gasteiger partial charge in [0.2, 0.25) is 11.7 Å². The maximum absolute atomic E-state index is 13.5. The summed E-state index contributed by atoms with van der Waals surface area (Å²) in [4.78, 5) is 4.21. The number of hydrogen-bond acceptors (Lipinski definition) is 5. The van der Waals surface area contributed by atoms with Gasteiger partial charge in [0, 0.05) is 19.2 Å². The first-order valence-electron chi connectivity index (χ1n) is 5.96. The second-order valence-corrected chi connectivity index (χ2v) is 4.27. The standard InChI is InChI=1S/C13H16FN3O2/c1-8-3-4-9(5-11(8)14)13-16-12(19-17-13)6-10(7-15)18-2/h3-5,10H,6-7,15H2,1-2H3. The molecule has 1 heterocycles. The normalized spacial score (nSPS) is 12.6. The Morgan fingerprint density at radius 1 is 1.47 bits per heavy atom. The Balaban J connectivity index is 2.18. The van der Waals surface area contributed by atoms with Gasteiger partial charge < -0.3 is 15.0 Å². The minimum atomic E-state index is -0.291. The minimum Gasteiger partial charge on any atom is -0.380 e. The van der Waals surface area contributed by atoms with Crippen LogP contribution in [0.5, 0.6) is 0 Å². The largest absolute Gasteiger partial charge is 0.380 e. The third kappa shape index (κ3) is 3.15. The second-order valence-electron chi connectivity index (χ2n) is 4.27. The highest BCUT2D eigenvalue weighted by Gasteiger charge is 2.14. The maximum atomic E-state index is 13.5. The Hall–Kier alpha value is -1.79. The van der Waals surface area contributed by atoms with Crippen molar-refractivity contribution in [3.05, 3.63) is 35.5 Å². The van der Waals surface area contributed by atoms with Crippen molar-refractivity contribution in [1.82, 2.24) is 10.1 Å². The number of hydrogen-bond donors (Lipinski definition) is 1.